The Morgan fingerprint density at radius 3 is 2.72 bits per heavy atom. The van der Waals surface area contributed by atoms with E-state index in [1.54, 1.807) is 7.11 Å². The number of amides is 1. The lowest BCUT2D eigenvalue weighted by Gasteiger charge is -2.36. The molecule has 3 aromatic rings. The molecule has 0 bridgehead atoms. The first-order valence-corrected chi connectivity index (χ1v) is 10.8. The van der Waals surface area contributed by atoms with E-state index in [2.05, 4.69) is 12.1 Å². The second-order valence-corrected chi connectivity index (χ2v) is 8.12. The topological polar surface area (TPSA) is 38.8 Å². The number of rotatable bonds is 6. The minimum atomic E-state index is 0.121. The maximum Gasteiger partial charge on any atom is 0.264 e. The lowest BCUT2D eigenvalue weighted by atomic mass is 9.95. The number of hydrogen-bond donors (Lipinski definition) is 0. The number of benzene rings is 2. The van der Waals surface area contributed by atoms with Crippen LogP contribution in [0.15, 0.2) is 66.0 Å². The van der Waals surface area contributed by atoms with Crippen LogP contribution in [0.4, 0.5) is 0 Å². The predicted molar refractivity (Wildman–Crippen MR) is 116 cm³/mol. The van der Waals surface area contributed by atoms with Crippen molar-refractivity contribution >= 4 is 17.2 Å². The summed E-state index contributed by atoms with van der Waals surface area (Å²) in [5.41, 5.74) is 2.23. The van der Waals surface area contributed by atoms with Gasteiger partial charge in [0, 0.05) is 18.2 Å². The summed E-state index contributed by atoms with van der Waals surface area (Å²) in [7, 11) is 1.64. The smallest absolute Gasteiger partial charge is 0.264 e. The molecule has 1 fully saturated rings. The van der Waals surface area contributed by atoms with Gasteiger partial charge >= 0.3 is 0 Å². The maximum absolute atomic E-state index is 13.2. The third kappa shape index (κ3) is 4.62. The number of methoxy groups -OCH3 is 1. The summed E-state index contributed by atoms with van der Waals surface area (Å²) in [4.78, 5) is 16.0. The van der Waals surface area contributed by atoms with Crippen LogP contribution in [0.3, 0.4) is 0 Å². The average Bonchev–Trinajstić information content (AvgIpc) is 3.27. The molecule has 1 saturated heterocycles. The third-order valence-electron chi connectivity index (χ3n) is 5.26. The van der Waals surface area contributed by atoms with E-state index in [9.17, 15) is 4.79 Å². The molecule has 1 atom stereocenters. The van der Waals surface area contributed by atoms with Crippen LogP contribution in [-0.4, -0.2) is 24.5 Å². The molecule has 1 unspecified atom stereocenters. The second-order valence-electron chi connectivity index (χ2n) is 7.21. The number of likely N-dealkylation sites (tertiary alicyclic amines) is 1. The van der Waals surface area contributed by atoms with E-state index in [-0.39, 0.29) is 11.9 Å². The van der Waals surface area contributed by atoms with Crippen LogP contribution < -0.4 is 9.47 Å². The van der Waals surface area contributed by atoms with Crippen molar-refractivity contribution < 1.29 is 14.3 Å². The summed E-state index contributed by atoms with van der Waals surface area (Å²) in [5, 5.41) is 2.01. The standard InChI is InChI=1S/C24H25NO3S/c1-27-20-10-7-11-21(15-20)28-16-18-14-23(29-17-18)24(26)25-13-6-5-12-22(25)19-8-3-2-4-9-19/h2-4,7-11,14-15,17,22H,5-6,12-13,16H2,1H3. The SMILES string of the molecule is COc1cccc(OCc2csc(C(=O)N3CCCCC3c3ccccc3)c2)c1. The third-order valence-corrected chi connectivity index (χ3v) is 6.23. The Labute approximate surface area is 175 Å². The molecule has 0 N–H and O–H groups in total. The zero-order valence-corrected chi connectivity index (χ0v) is 17.4. The zero-order valence-electron chi connectivity index (χ0n) is 16.5. The fraction of sp³-hybridized carbons (Fsp3) is 0.292. The summed E-state index contributed by atoms with van der Waals surface area (Å²) in [5.74, 6) is 1.64. The molecule has 5 heteroatoms. The van der Waals surface area contributed by atoms with Gasteiger partial charge in [-0.3, -0.25) is 4.79 Å². The molecule has 150 valence electrons. The first kappa shape index (κ1) is 19.5. The fourth-order valence-corrected chi connectivity index (χ4v) is 4.61. The maximum atomic E-state index is 13.2. The molecule has 4 nitrogen and oxygen atoms in total. The molecule has 4 rings (SSSR count). The normalized spacial score (nSPS) is 16.4. The summed E-state index contributed by atoms with van der Waals surface area (Å²) in [6.45, 7) is 1.24. The molecule has 2 heterocycles. The molecular weight excluding hydrogens is 382 g/mol. The van der Waals surface area contributed by atoms with Gasteiger partial charge in [0.05, 0.1) is 18.0 Å². The summed E-state index contributed by atoms with van der Waals surface area (Å²) < 4.78 is 11.1. The summed E-state index contributed by atoms with van der Waals surface area (Å²) in [6.07, 6.45) is 3.24. The molecule has 0 spiro atoms. The highest BCUT2D eigenvalue weighted by Crippen LogP contribution is 2.33. The van der Waals surface area contributed by atoms with Gasteiger partial charge in [0.1, 0.15) is 18.1 Å². The van der Waals surface area contributed by atoms with Crippen LogP contribution in [-0.2, 0) is 6.61 Å². The van der Waals surface area contributed by atoms with Crippen molar-refractivity contribution in [3.63, 3.8) is 0 Å². The zero-order chi connectivity index (χ0) is 20.1. The van der Waals surface area contributed by atoms with E-state index in [4.69, 9.17) is 9.47 Å². The second kappa shape index (κ2) is 9.14. The first-order chi connectivity index (χ1) is 14.2. The van der Waals surface area contributed by atoms with Gasteiger partial charge in [0.15, 0.2) is 0 Å². The van der Waals surface area contributed by atoms with Crippen molar-refractivity contribution in [2.24, 2.45) is 0 Å². The van der Waals surface area contributed by atoms with Crippen LogP contribution in [0.25, 0.3) is 0 Å². The largest absolute Gasteiger partial charge is 0.497 e. The van der Waals surface area contributed by atoms with Gasteiger partial charge in [-0.15, -0.1) is 11.3 Å². The Morgan fingerprint density at radius 1 is 1.07 bits per heavy atom. The molecule has 1 amide bonds. The number of nitrogens with zero attached hydrogens (tertiary/aromatic N) is 1. The highest BCUT2D eigenvalue weighted by Gasteiger charge is 2.29. The van der Waals surface area contributed by atoms with E-state index in [0.717, 1.165) is 47.7 Å². The molecular formula is C24H25NO3S. The summed E-state index contributed by atoms with van der Waals surface area (Å²) in [6, 6.07) is 20.0. The molecule has 1 aliphatic rings. The van der Waals surface area contributed by atoms with Gasteiger partial charge in [-0.2, -0.15) is 0 Å². The Kier molecular flexibility index (Phi) is 6.15. The van der Waals surface area contributed by atoms with E-state index in [0.29, 0.717) is 6.61 Å². The monoisotopic (exact) mass is 407 g/mol. The fourth-order valence-electron chi connectivity index (χ4n) is 3.76. The van der Waals surface area contributed by atoms with Crippen LogP contribution in [0.5, 0.6) is 11.5 Å². The van der Waals surface area contributed by atoms with Gasteiger partial charge in [-0.05, 0) is 48.4 Å². The Morgan fingerprint density at radius 2 is 1.90 bits per heavy atom. The summed E-state index contributed by atoms with van der Waals surface area (Å²) >= 11 is 1.50. The Bertz CT molecular complexity index is 954. The van der Waals surface area contributed by atoms with Crippen molar-refractivity contribution in [3.8, 4) is 11.5 Å². The molecule has 0 saturated carbocycles. The van der Waals surface area contributed by atoms with Gasteiger partial charge in [-0.1, -0.05) is 36.4 Å². The molecule has 0 radical (unpaired) electrons. The number of carbonyl (C=O) groups excluding carboxylic acids is 1. The van der Waals surface area contributed by atoms with Crippen molar-refractivity contribution in [2.75, 3.05) is 13.7 Å². The van der Waals surface area contributed by atoms with Crippen LogP contribution >= 0.6 is 11.3 Å². The highest BCUT2D eigenvalue weighted by molar-refractivity contribution is 7.12. The van der Waals surface area contributed by atoms with Gasteiger partial charge < -0.3 is 14.4 Å². The van der Waals surface area contributed by atoms with Crippen molar-refractivity contribution in [1.29, 1.82) is 0 Å². The lowest BCUT2D eigenvalue weighted by Crippen LogP contribution is -2.38. The minimum Gasteiger partial charge on any atom is -0.497 e. The minimum absolute atomic E-state index is 0.121. The van der Waals surface area contributed by atoms with Gasteiger partial charge in [-0.25, -0.2) is 0 Å². The number of carbonyl (C=O) groups is 1. The van der Waals surface area contributed by atoms with E-state index >= 15 is 0 Å². The first-order valence-electron chi connectivity index (χ1n) is 9.95. The quantitative estimate of drug-likeness (QED) is 0.526. The molecule has 2 aromatic carbocycles. The van der Waals surface area contributed by atoms with Crippen LogP contribution in [0.1, 0.15) is 46.1 Å². The Balaban J connectivity index is 1.44. The van der Waals surface area contributed by atoms with Gasteiger partial charge in [0.2, 0.25) is 0 Å². The van der Waals surface area contributed by atoms with Crippen LogP contribution in [0.2, 0.25) is 0 Å². The molecule has 1 aromatic heterocycles. The van der Waals surface area contributed by atoms with E-state index < -0.39 is 0 Å². The number of thiophene rings is 1. The van der Waals surface area contributed by atoms with E-state index in [1.165, 1.54) is 16.9 Å². The van der Waals surface area contributed by atoms with E-state index in [1.807, 2.05) is 58.8 Å². The Hall–Kier alpha value is -2.79. The van der Waals surface area contributed by atoms with Crippen LogP contribution in [0, 0.1) is 0 Å². The number of ether oxygens (including phenoxy) is 2. The van der Waals surface area contributed by atoms with Crippen molar-refractivity contribution in [1.82, 2.24) is 4.90 Å². The molecule has 0 aliphatic carbocycles. The highest BCUT2D eigenvalue weighted by atomic mass is 32.1. The molecule has 1 aliphatic heterocycles. The van der Waals surface area contributed by atoms with Crippen molar-refractivity contribution in [2.45, 2.75) is 31.9 Å². The number of piperidine rings is 1. The predicted octanol–water partition coefficient (Wildman–Crippen LogP) is 5.70. The number of hydrogen-bond acceptors (Lipinski definition) is 4. The molecule has 29 heavy (non-hydrogen) atoms. The average molecular weight is 408 g/mol. The van der Waals surface area contributed by atoms with Crippen molar-refractivity contribution in [3.05, 3.63) is 82.0 Å². The lowest BCUT2D eigenvalue weighted by molar-refractivity contribution is 0.0616. The van der Waals surface area contributed by atoms with Gasteiger partial charge in [0.25, 0.3) is 5.91 Å².